The fraction of sp³-hybridized carbons (Fsp3) is 0.0909. The van der Waals surface area contributed by atoms with Gasteiger partial charge in [-0.15, -0.1) is 0 Å². The maximum Gasteiger partial charge on any atom is 0.323 e. The number of para-hydroxylation sites is 1. The Balaban J connectivity index is 1.77. The number of nitrogens with zero attached hydrogens (tertiary/aromatic N) is 1. The van der Waals surface area contributed by atoms with Crippen LogP contribution in [0.1, 0.15) is 21.5 Å². The second kappa shape index (κ2) is 8.12. The molecule has 0 unspecified atom stereocenters. The monoisotopic (exact) mass is 345 g/mol. The zero-order valence-electron chi connectivity index (χ0n) is 14.2. The Labute approximate surface area is 152 Å². The number of ketones is 1. The quantitative estimate of drug-likeness (QED) is 0.657. The van der Waals surface area contributed by atoms with E-state index in [1.165, 1.54) is 0 Å². The first-order chi connectivity index (χ1) is 12.6. The number of rotatable bonds is 7. The van der Waals surface area contributed by atoms with Crippen molar-refractivity contribution in [3.63, 3.8) is 0 Å². The molecule has 4 heteroatoms. The first kappa shape index (κ1) is 17.4. The number of hydrogen-bond donors (Lipinski definition) is 1. The molecule has 0 bridgehead atoms. The number of carboxylic acids is 1. The van der Waals surface area contributed by atoms with Gasteiger partial charge in [0, 0.05) is 23.4 Å². The number of carbonyl (C=O) groups excluding carboxylic acids is 1. The van der Waals surface area contributed by atoms with E-state index in [9.17, 15) is 14.7 Å². The smallest absolute Gasteiger partial charge is 0.323 e. The van der Waals surface area contributed by atoms with Crippen molar-refractivity contribution in [3.05, 3.63) is 102 Å². The summed E-state index contributed by atoms with van der Waals surface area (Å²) in [5.74, 6) is -0.910. The normalized spacial score (nSPS) is 10.3. The zero-order valence-corrected chi connectivity index (χ0v) is 14.2. The van der Waals surface area contributed by atoms with Gasteiger partial charge in [0.2, 0.25) is 0 Å². The number of benzene rings is 3. The van der Waals surface area contributed by atoms with E-state index in [0.29, 0.717) is 17.7 Å². The van der Waals surface area contributed by atoms with Gasteiger partial charge in [-0.05, 0) is 17.7 Å². The van der Waals surface area contributed by atoms with E-state index in [1.54, 1.807) is 29.2 Å². The van der Waals surface area contributed by atoms with Crippen LogP contribution in [0.25, 0.3) is 0 Å². The minimum Gasteiger partial charge on any atom is -0.480 e. The molecule has 0 radical (unpaired) electrons. The largest absolute Gasteiger partial charge is 0.480 e. The van der Waals surface area contributed by atoms with E-state index in [4.69, 9.17) is 0 Å². The maximum atomic E-state index is 12.5. The highest BCUT2D eigenvalue weighted by Crippen LogP contribution is 2.18. The minimum absolute atomic E-state index is 0.0254. The van der Waals surface area contributed by atoms with Crippen LogP contribution in [-0.2, 0) is 11.3 Å². The third kappa shape index (κ3) is 4.36. The number of aliphatic carboxylic acids is 1. The van der Waals surface area contributed by atoms with Crippen molar-refractivity contribution >= 4 is 17.4 Å². The molecular formula is C22H19NO3. The lowest BCUT2D eigenvalue weighted by Crippen LogP contribution is -2.29. The lowest BCUT2D eigenvalue weighted by atomic mass is 10.0. The van der Waals surface area contributed by atoms with Gasteiger partial charge in [-0.25, -0.2) is 0 Å². The molecule has 0 atom stereocenters. The first-order valence-electron chi connectivity index (χ1n) is 8.34. The summed E-state index contributed by atoms with van der Waals surface area (Å²) in [5.41, 5.74) is 3.06. The third-order valence-corrected chi connectivity index (χ3v) is 4.07. The van der Waals surface area contributed by atoms with Gasteiger partial charge in [-0.3, -0.25) is 9.59 Å². The van der Waals surface area contributed by atoms with Crippen LogP contribution in [0.3, 0.4) is 0 Å². The summed E-state index contributed by atoms with van der Waals surface area (Å²) in [7, 11) is 0. The summed E-state index contributed by atoms with van der Waals surface area (Å²) in [6.45, 7) is 0.366. The minimum atomic E-state index is -0.885. The number of anilines is 1. The molecule has 26 heavy (non-hydrogen) atoms. The molecule has 0 spiro atoms. The molecule has 130 valence electrons. The lowest BCUT2D eigenvalue weighted by Gasteiger charge is -2.23. The van der Waals surface area contributed by atoms with Crippen LogP contribution in [0.2, 0.25) is 0 Å². The molecule has 0 saturated heterocycles. The maximum absolute atomic E-state index is 12.5. The summed E-state index contributed by atoms with van der Waals surface area (Å²) in [6.07, 6.45) is 0. The Morgan fingerprint density at radius 1 is 0.731 bits per heavy atom. The zero-order chi connectivity index (χ0) is 18.4. The number of carbonyl (C=O) groups is 2. The molecule has 0 aliphatic carbocycles. The van der Waals surface area contributed by atoms with Gasteiger partial charge in [-0.1, -0.05) is 72.8 Å². The summed E-state index contributed by atoms with van der Waals surface area (Å²) in [4.78, 5) is 25.4. The molecule has 3 rings (SSSR count). The highest BCUT2D eigenvalue weighted by Gasteiger charge is 2.12. The van der Waals surface area contributed by atoms with Gasteiger partial charge < -0.3 is 10.0 Å². The standard InChI is InChI=1S/C22H19NO3/c24-21(25)16-23(20-9-5-2-6-10-20)15-17-11-13-19(14-12-17)22(26)18-7-3-1-4-8-18/h1-14H,15-16H2,(H,24,25). The Morgan fingerprint density at radius 3 is 1.85 bits per heavy atom. The Morgan fingerprint density at radius 2 is 1.27 bits per heavy atom. The second-order valence-electron chi connectivity index (χ2n) is 5.98. The highest BCUT2D eigenvalue weighted by atomic mass is 16.4. The molecular weight excluding hydrogens is 326 g/mol. The fourth-order valence-electron chi connectivity index (χ4n) is 2.78. The van der Waals surface area contributed by atoms with Gasteiger partial charge in [0.15, 0.2) is 5.78 Å². The molecule has 0 aromatic heterocycles. The van der Waals surface area contributed by atoms with Crippen molar-refractivity contribution in [1.82, 2.24) is 0 Å². The van der Waals surface area contributed by atoms with E-state index >= 15 is 0 Å². The van der Waals surface area contributed by atoms with Gasteiger partial charge in [0.05, 0.1) is 0 Å². The molecule has 4 nitrogen and oxygen atoms in total. The van der Waals surface area contributed by atoms with Crippen LogP contribution in [0, 0.1) is 0 Å². The molecule has 0 fully saturated rings. The van der Waals surface area contributed by atoms with E-state index in [1.807, 2.05) is 60.7 Å². The van der Waals surface area contributed by atoms with Crippen LogP contribution < -0.4 is 4.90 Å². The van der Waals surface area contributed by atoms with Crippen molar-refractivity contribution in [2.24, 2.45) is 0 Å². The average Bonchev–Trinajstić information content (AvgIpc) is 2.68. The molecule has 3 aromatic carbocycles. The van der Waals surface area contributed by atoms with Gasteiger partial charge in [0.1, 0.15) is 6.54 Å². The van der Waals surface area contributed by atoms with Crippen molar-refractivity contribution in [1.29, 1.82) is 0 Å². The van der Waals surface area contributed by atoms with Crippen molar-refractivity contribution < 1.29 is 14.7 Å². The number of carboxylic acid groups (broad SMARTS) is 1. The highest BCUT2D eigenvalue weighted by molar-refractivity contribution is 6.08. The molecule has 1 N–H and O–H groups in total. The van der Waals surface area contributed by atoms with E-state index < -0.39 is 5.97 Å². The third-order valence-electron chi connectivity index (χ3n) is 4.07. The topological polar surface area (TPSA) is 57.6 Å². The summed E-state index contributed by atoms with van der Waals surface area (Å²) < 4.78 is 0. The van der Waals surface area contributed by atoms with Gasteiger partial charge in [-0.2, -0.15) is 0 Å². The van der Waals surface area contributed by atoms with Gasteiger partial charge in [0.25, 0.3) is 0 Å². The van der Waals surface area contributed by atoms with Crippen LogP contribution in [0.5, 0.6) is 0 Å². The molecule has 0 aliphatic heterocycles. The summed E-state index contributed by atoms with van der Waals surface area (Å²) >= 11 is 0. The molecule has 0 amide bonds. The van der Waals surface area contributed by atoms with Crippen LogP contribution >= 0.6 is 0 Å². The lowest BCUT2D eigenvalue weighted by molar-refractivity contribution is -0.135. The Bertz CT molecular complexity index is 874. The van der Waals surface area contributed by atoms with Crippen molar-refractivity contribution in [2.75, 3.05) is 11.4 Å². The van der Waals surface area contributed by atoms with Crippen LogP contribution in [0.4, 0.5) is 5.69 Å². The summed E-state index contributed by atoms with van der Waals surface area (Å²) in [6, 6.07) is 25.9. The number of hydrogen-bond acceptors (Lipinski definition) is 3. The van der Waals surface area contributed by atoms with E-state index in [0.717, 1.165) is 11.3 Å². The predicted molar refractivity (Wildman–Crippen MR) is 101 cm³/mol. The SMILES string of the molecule is O=C(O)CN(Cc1ccc(C(=O)c2ccccc2)cc1)c1ccccc1. The molecule has 0 heterocycles. The van der Waals surface area contributed by atoms with Crippen molar-refractivity contribution in [3.8, 4) is 0 Å². The van der Waals surface area contributed by atoms with E-state index in [-0.39, 0.29) is 12.3 Å². The van der Waals surface area contributed by atoms with Crippen LogP contribution in [-0.4, -0.2) is 23.4 Å². The predicted octanol–water partition coefficient (Wildman–Crippen LogP) is 4.01. The van der Waals surface area contributed by atoms with Gasteiger partial charge >= 0.3 is 5.97 Å². The fourth-order valence-corrected chi connectivity index (χ4v) is 2.78. The Kier molecular flexibility index (Phi) is 5.44. The average molecular weight is 345 g/mol. The summed E-state index contributed by atoms with van der Waals surface area (Å²) in [5, 5.41) is 9.18. The second-order valence-corrected chi connectivity index (χ2v) is 5.98. The Hall–Kier alpha value is -3.40. The van der Waals surface area contributed by atoms with Crippen molar-refractivity contribution in [2.45, 2.75) is 6.54 Å². The molecule has 3 aromatic rings. The molecule has 0 saturated carbocycles. The first-order valence-corrected chi connectivity index (χ1v) is 8.34. The molecule has 0 aliphatic rings. The van der Waals surface area contributed by atoms with Crippen LogP contribution in [0.15, 0.2) is 84.9 Å². The van der Waals surface area contributed by atoms with E-state index in [2.05, 4.69) is 0 Å².